The highest BCUT2D eigenvalue weighted by Crippen LogP contribution is 2.55. The molecule has 174 valence electrons. The van der Waals surface area contributed by atoms with Crippen LogP contribution in [-0.2, 0) is 0 Å². The number of anilines is 2. The number of para-hydroxylation sites is 4. The number of ether oxygens (including phenoxy) is 2. The maximum Gasteiger partial charge on any atom is 0.142 e. The molecule has 0 fully saturated rings. The molecule has 34 heavy (non-hydrogen) atoms. The van der Waals surface area contributed by atoms with Crippen LogP contribution < -0.4 is 30.3 Å². The Balaban J connectivity index is 1.75. The lowest BCUT2D eigenvalue weighted by atomic mass is 10.3. The number of nitrogens with one attached hydrogen (secondary N) is 2. The molecular formula is C27H29N3O2P2. The monoisotopic (exact) mass is 489 g/mol. The normalized spacial score (nSPS) is 12.6. The van der Waals surface area contributed by atoms with Gasteiger partial charge < -0.3 is 19.6 Å². The molecule has 2 N–H and O–H groups in total. The Hall–Kier alpha value is -3.10. The molecule has 0 saturated carbocycles. The van der Waals surface area contributed by atoms with E-state index in [0.717, 1.165) is 22.9 Å². The van der Waals surface area contributed by atoms with Crippen LogP contribution in [0, 0.1) is 0 Å². The van der Waals surface area contributed by atoms with Crippen molar-refractivity contribution in [3.63, 3.8) is 0 Å². The minimum absolute atomic E-state index is 0.820. The summed E-state index contributed by atoms with van der Waals surface area (Å²) in [6.07, 6.45) is 0. The molecule has 0 aromatic heterocycles. The summed E-state index contributed by atoms with van der Waals surface area (Å²) >= 11 is 0. The standard InChI is InChI=1S/C27H29N3O2P2/c1-30(33(22-14-6-4-7-15-22)28-24-18-10-12-20-26(24)31-2)34(23-16-8-5-9-17-23)29-25-19-11-13-21-27(25)32-3/h4-21,28-29H,1-3H3/t33-,34+. The summed E-state index contributed by atoms with van der Waals surface area (Å²) in [4.78, 5) is 0. The zero-order chi connectivity index (χ0) is 23.8. The average molecular weight is 489 g/mol. The predicted octanol–water partition coefficient (Wildman–Crippen LogP) is 6.43. The van der Waals surface area contributed by atoms with E-state index in [-0.39, 0.29) is 0 Å². The quantitative estimate of drug-likeness (QED) is 0.251. The molecule has 0 saturated heterocycles. The fourth-order valence-corrected chi connectivity index (χ4v) is 8.09. The van der Waals surface area contributed by atoms with Gasteiger partial charge in [0, 0.05) is 10.6 Å². The van der Waals surface area contributed by atoms with Crippen molar-refractivity contribution in [2.75, 3.05) is 31.4 Å². The lowest BCUT2D eigenvalue weighted by molar-refractivity contribution is 0.417. The van der Waals surface area contributed by atoms with E-state index in [0.29, 0.717) is 0 Å². The van der Waals surface area contributed by atoms with Crippen molar-refractivity contribution in [1.82, 2.24) is 4.44 Å². The fraction of sp³-hybridized carbons (Fsp3) is 0.111. The molecular weight excluding hydrogens is 460 g/mol. The molecule has 0 spiro atoms. The van der Waals surface area contributed by atoms with E-state index in [1.54, 1.807) is 14.2 Å². The Morgan fingerprint density at radius 3 is 1.26 bits per heavy atom. The van der Waals surface area contributed by atoms with Crippen LogP contribution in [0.4, 0.5) is 11.4 Å². The zero-order valence-corrected chi connectivity index (χ0v) is 21.3. The third kappa shape index (κ3) is 5.69. The Bertz CT molecular complexity index is 1090. The smallest absolute Gasteiger partial charge is 0.142 e. The van der Waals surface area contributed by atoms with Gasteiger partial charge in [0.05, 0.1) is 25.6 Å². The number of benzene rings is 4. The van der Waals surface area contributed by atoms with Crippen LogP contribution in [0.25, 0.3) is 0 Å². The molecule has 0 amide bonds. The number of nitrogens with zero attached hydrogens (tertiary/aromatic N) is 1. The third-order valence-electron chi connectivity index (χ3n) is 5.25. The first-order valence-electron chi connectivity index (χ1n) is 10.9. The molecule has 2 atom stereocenters. The molecule has 5 nitrogen and oxygen atoms in total. The van der Waals surface area contributed by atoms with Crippen molar-refractivity contribution < 1.29 is 9.47 Å². The first kappa shape index (κ1) is 24.0. The number of hydrogen-bond donors (Lipinski definition) is 2. The van der Waals surface area contributed by atoms with Gasteiger partial charge in [-0.25, -0.2) is 4.44 Å². The summed E-state index contributed by atoms with van der Waals surface area (Å²) in [7, 11) is 3.66. The van der Waals surface area contributed by atoms with Gasteiger partial charge in [-0.05, 0) is 31.3 Å². The second-order valence-corrected chi connectivity index (χ2v) is 11.7. The van der Waals surface area contributed by atoms with Gasteiger partial charge in [-0.2, -0.15) is 0 Å². The molecule has 0 radical (unpaired) electrons. The van der Waals surface area contributed by atoms with Gasteiger partial charge in [0.25, 0.3) is 0 Å². The lowest BCUT2D eigenvalue weighted by Crippen LogP contribution is -2.26. The van der Waals surface area contributed by atoms with E-state index in [9.17, 15) is 0 Å². The predicted molar refractivity (Wildman–Crippen MR) is 147 cm³/mol. The number of rotatable bonds is 10. The highest BCUT2D eigenvalue weighted by molar-refractivity contribution is 7.79. The maximum absolute atomic E-state index is 5.64. The lowest BCUT2D eigenvalue weighted by Gasteiger charge is -2.36. The molecule has 7 heteroatoms. The Labute approximate surface area is 204 Å². The SMILES string of the molecule is COc1ccccc1N[P@](c1ccccc1)N(C)[P@@](Nc1ccccc1OC)c1ccccc1. The Morgan fingerprint density at radius 2 is 0.882 bits per heavy atom. The summed E-state index contributed by atoms with van der Waals surface area (Å²) < 4.78 is 13.7. The molecule has 0 aliphatic rings. The van der Waals surface area contributed by atoms with Gasteiger partial charge in [-0.15, -0.1) is 0 Å². The molecule has 4 aromatic carbocycles. The van der Waals surface area contributed by atoms with Gasteiger partial charge in [0.1, 0.15) is 27.9 Å². The van der Waals surface area contributed by atoms with Crippen LogP contribution >= 0.6 is 16.4 Å². The van der Waals surface area contributed by atoms with Crippen molar-refractivity contribution >= 4 is 38.4 Å². The van der Waals surface area contributed by atoms with Crippen LogP contribution in [0.1, 0.15) is 0 Å². The van der Waals surface area contributed by atoms with E-state index in [1.807, 2.05) is 48.5 Å². The van der Waals surface area contributed by atoms with E-state index in [4.69, 9.17) is 9.47 Å². The minimum Gasteiger partial charge on any atom is -0.495 e. The topological polar surface area (TPSA) is 45.8 Å². The van der Waals surface area contributed by atoms with Gasteiger partial charge in [0.2, 0.25) is 0 Å². The molecule has 0 heterocycles. The first-order valence-corrected chi connectivity index (χ1v) is 13.5. The molecule has 0 unspecified atom stereocenters. The van der Waals surface area contributed by atoms with Gasteiger partial charge >= 0.3 is 0 Å². The summed E-state index contributed by atoms with van der Waals surface area (Å²) in [6.45, 7) is 0. The van der Waals surface area contributed by atoms with E-state index in [1.165, 1.54) is 10.6 Å². The molecule has 0 aliphatic heterocycles. The largest absolute Gasteiger partial charge is 0.495 e. The summed E-state index contributed by atoms with van der Waals surface area (Å²) in [5.41, 5.74) is 1.93. The van der Waals surface area contributed by atoms with Crippen LogP contribution in [0.3, 0.4) is 0 Å². The van der Waals surface area contributed by atoms with Crippen LogP contribution in [0.2, 0.25) is 0 Å². The number of methoxy groups -OCH3 is 2. The van der Waals surface area contributed by atoms with E-state index >= 15 is 0 Å². The zero-order valence-electron chi connectivity index (χ0n) is 19.6. The average Bonchev–Trinajstić information content (AvgIpc) is 2.91. The second kappa shape index (κ2) is 11.9. The highest BCUT2D eigenvalue weighted by atomic mass is 31.2. The second-order valence-electron chi connectivity index (χ2n) is 7.41. The van der Waals surface area contributed by atoms with Crippen molar-refractivity contribution in [1.29, 1.82) is 0 Å². The third-order valence-corrected chi connectivity index (χ3v) is 9.96. The van der Waals surface area contributed by atoms with Crippen molar-refractivity contribution in [2.24, 2.45) is 0 Å². The summed E-state index contributed by atoms with van der Waals surface area (Å²) in [5.74, 6) is 1.64. The summed E-state index contributed by atoms with van der Waals surface area (Å²) in [6, 6.07) is 37.2. The van der Waals surface area contributed by atoms with E-state index < -0.39 is 16.4 Å². The van der Waals surface area contributed by atoms with Crippen molar-refractivity contribution in [3.8, 4) is 11.5 Å². The van der Waals surface area contributed by atoms with Crippen LogP contribution in [0.15, 0.2) is 109 Å². The summed E-state index contributed by atoms with van der Waals surface area (Å²) in [5, 5.41) is 10.0. The van der Waals surface area contributed by atoms with Crippen LogP contribution in [0.5, 0.6) is 11.5 Å². The number of hydrogen-bond acceptors (Lipinski definition) is 5. The maximum atomic E-state index is 5.64. The minimum atomic E-state index is -0.959. The Kier molecular flexibility index (Phi) is 8.38. The molecule has 0 aliphatic carbocycles. The molecule has 0 bridgehead atoms. The first-order chi connectivity index (χ1) is 16.7. The molecule has 4 rings (SSSR count). The van der Waals surface area contributed by atoms with Crippen molar-refractivity contribution in [2.45, 2.75) is 0 Å². The van der Waals surface area contributed by atoms with Gasteiger partial charge in [-0.3, -0.25) is 0 Å². The van der Waals surface area contributed by atoms with Crippen molar-refractivity contribution in [3.05, 3.63) is 109 Å². The molecule has 4 aromatic rings. The highest BCUT2D eigenvalue weighted by Gasteiger charge is 2.28. The van der Waals surface area contributed by atoms with Gasteiger partial charge in [0.15, 0.2) is 0 Å². The van der Waals surface area contributed by atoms with E-state index in [2.05, 4.69) is 82.3 Å². The van der Waals surface area contributed by atoms with Crippen LogP contribution in [-0.4, -0.2) is 25.7 Å². The van der Waals surface area contributed by atoms with Gasteiger partial charge in [-0.1, -0.05) is 84.9 Å². The Morgan fingerprint density at radius 1 is 0.529 bits per heavy atom. The fourth-order valence-electron chi connectivity index (χ4n) is 3.54.